The SMILES string of the molecule is CS(=O)(=O)NCCN1[C@@H]2CC[C@H]1CN(c1nc(OCC34CCCN3CCC4)nc3c(F)c(-c4cc(O)cc5ccccc45)ccc13)C2. The van der Waals surface area contributed by atoms with Crippen molar-refractivity contribution < 1.29 is 22.7 Å². The summed E-state index contributed by atoms with van der Waals surface area (Å²) in [6.07, 6.45) is 7.66. The van der Waals surface area contributed by atoms with Crippen LogP contribution in [0, 0.1) is 5.82 Å². The van der Waals surface area contributed by atoms with Gasteiger partial charge in [0.15, 0.2) is 5.82 Å². The van der Waals surface area contributed by atoms with Crippen LogP contribution in [0.4, 0.5) is 10.2 Å². The van der Waals surface area contributed by atoms with Crippen molar-refractivity contribution in [2.24, 2.45) is 0 Å². The lowest BCUT2D eigenvalue weighted by molar-refractivity contribution is 0.107. The zero-order valence-corrected chi connectivity index (χ0v) is 27.5. The molecule has 0 saturated carbocycles. The second-order valence-electron chi connectivity index (χ2n) is 13.8. The van der Waals surface area contributed by atoms with Crippen LogP contribution in [-0.4, -0.2) is 103 Å². The van der Waals surface area contributed by atoms with Crippen molar-refractivity contribution in [2.75, 3.05) is 57.0 Å². The summed E-state index contributed by atoms with van der Waals surface area (Å²) >= 11 is 0. The molecule has 4 saturated heterocycles. The molecule has 4 fully saturated rings. The Labute approximate surface area is 274 Å². The second-order valence-corrected chi connectivity index (χ2v) is 15.6. The number of anilines is 1. The fourth-order valence-electron chi connectivity index (χ4n) is 8.71. The maximum absolute atomic E-state index is 16.8. The first-order valence-corrected chi connectivity index (χ1v) is 18.6. The molecule has 2 bridgehead atoms. The van der Waals surface area contributed by atoms with Gasteiger partial charge in [0.2, 0.25) is 10.0 Å². The fraction of sp³-hybridized carbons (Fsp3) is 0.486. The Morgan fingerprint density at radius 2 is 1.74 bits per heavy atom. The number of aromatic hydroxyl groups is 1. The van der Waals surface area contributed by atoms with Crippen molar-refractivity contribution in [3.8, 4) is 22.9 Å². The third-order valence-electron chi connectivity index (χ3n) is 10.9. The number of halogens is 1. The number of ether oxygens (including phenoxy) is 1. The lowest BCUT2D eigenvalue weighted by atomic mass is 9.95. The van der Waals surface area contributed by atoms with Crippen molar-refractivity contribution in [3.05, 3.63) is 54.3 Å². The highest BCUT2D eigenvalue weighted by Gasteiger charge is 2.45. The molecule has 4 aliphatic rings. The molecule has 4 aromatic rings. The van der Waals surface area contributed by atoms with Crippen LogP contribution in [0.5, 0.6) is 11.8 Å². The van der Waals surface area contributed by atoms with Gasteiger partial charge in [-0.1, -0.05) is 30.3 Å². The van der Waals surface area contributed by atoms with Crippen LogP contribution in [0.3, 0.4) is 0 Å². The molecule has 12 heteroatoms. The van der Waals surface area contributed by atoms with E-state index < -0.39 is 15.8 Å². The molecular formula is C35H41FN6O4S. The van der Waals surface area contributed by atoms with E-state index in [1.165, 1.54) is 6.26 Å². The molecule has 3 aromatic carbocycles. The maximum Gasteiger partial charge on any atom is 0.319 e. The molecule has 0 amide bonds. The van der Waals surface area contributed by atoms with Gasteiger partial charge >= 0.3 is 6.01 Å². The van der Waals surface area contributed by atoms with E-state index in [1.54, 1.807) is 18.2 Å². The summed E-state index contributed by atoms with van der Waals surface area (Å²) in [7, 11) is -3.25. The van der Waals surface area contributed by atoms with Crippen molar-refractivity contribution in [3.63, 3.8) is 0 Å². The molecule has 2 atom stereocenters. The summed E-state index contributed by atoms with van der Waals surface area (Å²) in [6.45, 7) is 5.03. The van der Waals surface area contributed by atoms with Gasteiger partial charge in [0.25, 0.3) is 0 Å². The molecule has 4 aliphatic heterocycles. The van der Waals surface area contributed by atoms with Gasteiger partial charge in [-0.25, -0.2) is 17.5 Å². The Kier molecular flexibility index (Phi) is 7.74. The second kappa shape index (κ2) is 11.8. The van der Waals surface area contributed by atoms with Gasteiger partial charge in [-0.2, -0.15) is 9.97 Å². The zero-order chi connectivity index (χ0) is 32.3. The Morgan fingerprint density at radius 3 is 2.49 bits per heavy atom. The van der Waals surface area contributed by atoms with Gasteiger partial charge in [0, 0.05) is 49.2 Å². The number of phenols is 1. The minimum absolute atomic E-state index is 0.00983. The number of phenolic OH excluding ortho intramolecular Hbond substituents is 1. The summed E-state index contributed by atoms with van der Waals surface area (Å²) in [5.41, 5.74) is 1.15. The van der Waals surface area contributed by atoms with Crippen LogP contribution in [0.1, 0.15) is 38.5 Å². The Bertz CT molecular complexity index is 1930. The van der Waals surface area contributed by atoms with Crippen molar-refractivity contribution in [2.45, 2.75) is 56.1 Å². The van der Waals surface area contributed by atoms with Crippen molar-refractivity contribution in [1.82, 2.24) is 24.5 Å². The third-order valence-corrected chi connectivity index (χ3v) is 11.6. The van der Waals surface area contributed by atoms with Gasteiger partial charge in [-0.3, -0.25) is 9.80 Å². The first-order valence-electron chi connectivity index (χ1n) is 16.7. The van der Waals surface area contributed by atoms with Gasteiger partial charge in [0.1, 0.15) is 23.7 Å². The minimum atomic E-state index is -3.25. The molecular weight excluding hydrogens is 619 g/mol. The molecule has 2 N–H and O–H groups in total. The molecule has 47 heavy (non-hydrogen) atoms. The van der Waals surface area contributed by atoms with E-state index in [0.717, 1.165) is 62.4 Å². The Hall–Kier alpha value is -3.58. The standard InChI is InChI=1S/C35H41FN6O4S/c1-47(44,45)37-14-17-42-24-8-9-25(42)21-40(20-24)33-29-11-10-28(30-19-26(43)18-23-6-2-3-7-27(23)30)31(36)32(29)38-34(39-33)46-22-35-12-4-15-41(35)16-5-13-35/h2-3,6-7,10-11,18-19,24-25,37,43H,4-5,8-9,12-17,20-22H2,1H3/t24-,25+. The smallest absolute Gasteiger partial charge is 0.319 e. The van der Waals surface area contributed by atoms with Crippen LogP contribution in [0.25, 0.3) is 32.8 Å². The zero-order valence-electron chi connectivity index (χ0n) is 26.7. The highest BCUT2D eigenvalue weighted by atomic mass is 32.2. The predicted molar refractivity (Wildman–Crippen MR) is 181 cm³/mol. The highest BCUT2D eigenvalue weighted by Crippen LogP contribution is 2.42. The van der Waals surface area contributed by atoms with Crippen LogP contribution in [0.2, 0.25) is 0 Å². The van der Waals surface area contributed by atoms with E-state index in [-0.39, 0.29) is 34.9 Å². The molecule has 0 radical (unpaired) electrons. The number of hydrogen-bond acceptors (Lipinski definition) is 9. The monoisotopic (exact) mass is 660 g/mol. The first kappa shape index (κ1) is 30.7. The average molecular weight is 661 g/mol. The topological polar surface area (TPSA) is 111 Å². The van der Waals surface area contributed by atoms with E-state index >= 15 is 4.39 Å². The normalized spacial score (nSPS) is 22.8. The fourth-order valence-corrected chi connectivity index (χ4v) is 9.17. The number of hydrogen-bond donors (Lipinski definition) is 2. The number of aromatic nitrogens is 2. The molecule has 8 rings (SSSR count). The number of benzene rings is 3. The summed E-state index contributed by atoms with van der Waals surface area (Å²) in [5.74, 6) is 0.263. The largest absolute Gasteiger partial charge is 0.508 e. The van der Waals surface area contributed by atoms with Crippen LogP contribution >= 0.6 is 0 Å². The van der Waals surface area contributed by atoms with Crippen LogP contribution in [-0.2, 0) is 10.0 Å². The summed E-state index contributed by atoms with van der Waals surface area (Å²) in [5, 5.41) is 12.8. The van der Waals surface area contributed by atoms with E-state index in [1.807, 2.05) is 30.3 Å². The van der Waals surface area contributed by atoms with Gasteiger partial charge in [-0.15, -0.1) is 0 Å². The van der Waals surface area contributed by atoms with Crippen LogP contribution < -0.4 is 14.4 Å². The number of piperazine rings is 1. The van der Waals surface area contributed by atoms with Gasteiger partial charge in [-0.05, 0) is 86.1 Å². The summed E-state index contributed by atoms with van der Waals surface area (Å²) in [4.78, 5) is 16.9. The van der Waals surface area contributed by atoms with Crippen molar-refractivity contribution >= 4 is 37.5 Å². The number of nitrogens with one attached hydrogen (secondary N) is 1. The lowest BCUT2D eigenvalue weighted by Gasteiger charge is -2.42. The van der Waals surface area contributed by atoms with E-state index in [0.29, 0.717) is 55.1 Å². The molecule has 0 unspecified atom stereocenters. The molecule has 1 aromatic heterocycles. The third kappa shape index (κ3) is 5.68. The van der Waals surface area contributed by atoms with Gasteiger partial charge < -0.3 is 14.7 Å². The van der Waals surface area contributed by atoms with Crippen molar-refractivity contribution in [1.29, 1.82) is 0 Å². The lowest BCUT2D eigenvalue weighted by Crippen LogP contribution is -2.55. The molecule has 10 nitrogen and oxygen atoms in total. The Morgan fingerprint density at radius 1 is 1.00 bits per heavy atom. The molecule has 0 aliphatic carbocycles. The number of rotatable bonds is 9. The minimum Gasteiger partial charge on any atom is -0.508 e. The maximum atomic E-state index is 16.8. The number of sulfonamides is 1. The summed E-state index contributed by atoms with van der Waals surface area (Å²) in [6, 6.07) is 15.2. The molecule has 5 heterocycles. The van der Waals surface area contributed by atoms with E-state index in [9.17, 15) is 13.5 Å². The highest BCUT2D eigenvalue weighted by molar-refractivity contribution is 7.88. The Balaban J connectivity index is 1.17. The van der Waals surface area contributed by atoms with E-state index in [4.69, 9.17) is 14.7 Å². The molecule has 0 spiro atoms. The predicted octanol–water partition coefficient (Wildman–Crippen LogP) is 4.50. The quantitative estimate of drug-likeness (QED) is 0.268. The summed E-state index contributed by atoms with van der Waals surface area (Å²) < 4.78 is 49.2. The number of nitrogens with zero attached hydrogens (tertiary/aromatic N) is 5. The molecule has 248 valence electrons. The average Bonchev–Trinajstić information content (AvgIpc) is 3.69. The first-order chi connectivity index (χ1) is 22.7. The van der Waals surface area contributed by atoms with Crippen LogP contribution in [0.15, 0.2) is 48.5 Å². The van der Waals surface area contributed by atoms with E-state index in [2.05, 4.69) is 19.4 Å². The number of fused-ring (bicyclic) bond motifs is 5. The van der Waals surface area contributed by atoms with Gasteiger partial charge in [0.05, 0.1) is 11.8 Å².